The van der Waals surface area contributed by atoms with Crippen molar-refractivity contribution in [2.75, 3.05) is 6.61 Å². The maximum Gasteiger partial charge on any atom is 0.324 e. The molecule has 2 aromatic carbocycles. The van der Waals surface area contributed by atoms with Crippen molar-refractivity contribution >= 4 is 62.2 Å². The molecule has 0 saturated carbocycles. The lowest BCUT2D eigenvalue weighted by molar-refractivity contribution is -0.149. The van der Waals surface area contributed by atoms with Gasteiger partial charge in [-0.05, 0) is 43.3 Å². The predicted octanol–water partition coefficient (Wildman–Crippen LogP) is 1.02. The summed E-state index contributed by atoms with van der Waals surface area (Å²) in [6.07, 6.45) is 0. The number of sulfonamides is 1. The molecule has 0 bridgehead atoms. The number of aromatic nitrogens is 2. The van der Waals surface area contributed by atoms with Crippen LogP contribution in [0.4, 0.5) is 0 Å². The van der Waals surface area contributed by atoms with Gasteiger partial charge in [0, 0.05) is 10.6 Å². The number of hydrogen-bond donors (Lipinski definition) is 3. The van der Waals surface area contributed by atoms with Crippen molar-refractivity contribution in [2.45, 2.75) is 17.9 Å². The van der Waals surface area contributed by atoms with Gasteiger partial charge < -0.3 is 4.74 Å². The number of amides is 2. The first-order chi connectivity index (χ1) is 15.2. The quantitative estimate of drug-likeness (QED) is 0.322. The third kappa shape index (κ3) is 5.76. The highest BCUT2D eigenvalue weighted by Crippen LogP contribution is 2.21. The van der Waals surface area contributed by atoms with Crippen molar-refractivity contribution in [3.8, 4) is 0 Å². The van der Waals surface area contributed by atoms with Crippen LogP contribution in [0.3, 0.4) is 0 Å². The van der Waals surface area contributed by atoms with Gasteiger partial charge in [-0.1, -0.05) is 17.7 Å². The van der Waals surface area contributed by atoms with Crippen LogP contribution in [-0.4, -0.2) is 47.6 Å². The molecule has 0 aliphatic heterocycles. The summed E-state index contributed by atoms with van der Waals surface area (Å²) < 4.78 is 40.1. The Kier molecular flexibility index (Phi) is 7.35. The van der Waals surface area contributed by atoms with E-state index in [1.807, 2.05) is 0 Å². The second kappa shape index (κ2) is 9.99. The van der Waals surface area contributed by atoms with E-state index in [0.717, 1.165) is 11.7 Å². The Labute approximate surface area is 191 Å². The number of nitrogens with zero attached hydrogens (tertiary/aromatic N) is 2. The summed E-state index contributed by atoms with van der Waals surface area (Å²) in [4.78, 5) is 35.7. The van der Waals surface area contributed by atoms with E-state index in [1.54, 1.807) is 6.07 Å². The van der Waals surface area contributed by atoms with E-state index in [1.165, 1.54) is 43.3 Å². The molecular weight excluding hydrogens is 482 g/mol. The van der Waals surface area contributed by atoms with Crippen molar-refractivity contribution in [1.29, 1.82) is 0 Å². The van der Waals surface area contributed by atoms with Gasteiger partial charge in [-0.25, -0.2) is 8.42 Å². The zero-order chi connectivity index (χ0) is 23.3. The largest absolute Gasteiger partial charge is 0.454 e. The van der Waals surface area contributed by atoms with E-state index in [4.69, 9.17) is 16.3 Å². The molecule has 2 amide bonds. The summed E-state index contributed by atoms with van der Waals surface area (Å²) in [5.74, 6) is -2.42. The molecule has 3 rings (SSSR count). The van der Waals surface area contributed by atoms with E-state index in [0.29, 0.717) is 10.5 Å². The van der Waals surface area contributed by atoms with Gasteiger partial charge in [-0.15, -0.1) is 0 Å². The van der Waals surface area contributed by atoms with E-state index >= 15 is 0 Å². The van der Waals surface area contributed by atoms with Crippen molar-refractivity contribution in [2.24, 2.45) is 0 Å². The molecule has 14 heteroatoms. The number of halogens is 1. The van der Waals surface area contributed by atoms with Gasteiger partial charge in [0.05, 0.1) is 11.7 Å². The molecule has 1 aromatic heterocycles. The molecule has 0 radical (unpaired) electrons. The molecule has 3 N–H and O–H groups in total. The second-order valence-corrected chi connectivity index (χ2v) is 9.00. The fourth-order valence-corrected chi connectivity index (χ4v) is 4.52. The molecule has 11 nitrogen and oxygen atoms in total. The van der Waals surface area contributed by atoms with Crippen LogP contribution >= 0.6 is 23.3 Å². The Morgan fingerprint density at radius 3 is 2.53 bits per heavy atom. The number of ether oxygens (including phenoxy) is 1. The monoisotopic (exact) mass is 497 g/mol. The number of carbonyl (C=O) groups excluding carboxylic acids is 3. The number of hydrazine groups is 1. The van der Waals surface area contributed by atoms with E-state index in [-0.39, 0.29) is 16.0 Å². The highest BCUT2D eigenvalue weighted by Gasteiger charge is 2.26. The fourth-order valence-electron chi connectivity index (χ4n) is 2.44. The lowest BCUT2D eigenvalue weighted by Crippen LogP contribution is -2.45. The Bertz CT molecular complexity index is 1260. The molecule has 32 heavy (non-hydrogen) atoms. The number of fused-ring (bicyclic) bond motifs is 1. The summed E-state index contributed by atoms with van der Waals surface area (Å²) in [5.41, 5.74) is 5.07. The van der Waals surface area contributed by atoms with Crippen LogP contribution in [-0.2, 0) is 24.3 Å². The Balaban J connectivity index is 1.50. The standard InChI is InChI=1S/C18H16ClN5O6S2/c1-10(24-32(28,29)14-4-2-3-13-16(14)23-31-22-13)18(27)30-9-15(25)20-21-17(26)11-5-7-12(19)8-6-11/h2-8,10,24H,9H2,1H3,(H,20,25)(H,21,26). The summed E-state index contributed by atoms with van der Waals surface area (Å²) in [5, 5.41) is 0.446. The van der Waals surface area contributed by atoms with Gasteiger partial charge in [-0.2, -0.15) is 13.5 Å². The van der Waals surface area contributed by atoms with E-state index in [9.17, 15) is 22.8 Å². The number of carbonyl (C=O) groups is 3. The van der Waals surface area contributed by atoms with E-state index in [2.05, 4.69) is 24.3 Å². The molecular formula is C18H16ClN5O6S2. The van der Waals surface area contributed by atoms with Crippen LogP contribution < -0.4 is 15.6 Å². The Morgan fingerprint density at radius 2 is 1.81 bits per heavy atom. The first kappa shape index (κ1) is 23.5. The lowest BCUT2D eigenvalue weighted by Gasteiger charge is -2.14. The summed E-state index contributed by atoms with van der Waals surface area (Å²) >= 11 is 6.60. The second-order valence-electron chi connectivity index (χ2n) is 6.35. The zero-order valence-electron chi connectivity index (χ0n) is 16.4. The first-order valence-electron chi connectivity index (χ1n) is 8.92. The van der Waals surface area contributed by atoms with Crippen LogP contribution in [0.1, 0.15) is 17.3 Å². The van der Waals surface area contributed by atoms with Gasteiger partial charge >= 0.3 is 5.97 Å². The molecule has 3 aromatic rings. The van der Waals surface area contributed by atoms with Crippen molar-refractivity contribution in [3.05, 3.63) is 53.1 Å². The van der Waals surface area contributed by atoms with Crippen LogP contribution in [0.15, 0.2) is 47.4 Å². The third-order valence-electron chi connectivity index (χ3n) is 3.99. The molecule has 168 valence electrons. The minimum absolute atomic E-state index is 0.133. The maximum atomic E-state index is 12.6. The number of nitrogens with one attached hydrogen (secondary N) is 3. The van der Waals surface area contributed by atoms with Crippen molar-refractivity contribution in [1.82, 2.24) is 24.3 Å². The first-order valence-corrected chi connectivity index (χ1v) is 11.5. The number of rotatable bonds is 7. The summed E-state index contributed by atoms with van der Waals surface area (Å²) in [7, 11) is -4.11. The molecule has 0 aliphatic carbocycles. The SMILES string of the molecule is CC(NS(=O)(=O)c1cccc2nsnc12)C(=O)OCC(=O)NNC(=O)c1ccc(Cl)cc1. The van der Waals surface area contributed by atoms with Gasteiger partial charge in [0.1, 0.15) is 22.0 Å². The smallest absolute Gasteiger partial charge is 0.324 e. The minimum Gasteiger partial charge on any atom is -0.454 e. The Hall–Kier alpha value is -3.13. The maximum absolute atomic E-state index is 12.6. The third-order valence-corrected chi connectivity index (χ3v) is 6.36. The van der Waals surface area contributed by atoms with Crippen molar-refractivity contribution in [3.63, 3.8) is 0 Å². The predicted molar refractivity (Wildman–Crippen MR) is 115 cm³/mol. The number of hydrogen-bond acceptors (Lipinski definition) is 9. The molecule has 0 fully saturated rings. The fraction of sp³-hybridized carbons (Fsp3) is 0.167. The van der Waals surface area contributed by atoms with Crippen LogP contribution in [0.5, 0.6) is 0 Å². The summed E-state index contributed by atoms with van der Waals surface area (Å²) in [6, 6.07) is 9.09. The highest BCUT2D eigenvalue weighted by atomic mass is 35.5. The van der Waals surface area contributed by atoms with Gasteiger partial charge in [-0.3, -0.25) is 25.2 Å². The summed E-state index contributed by atoms with van der Waals surface area (Å²) in [6.45, 7) is 0.525. The minimum atomic E-state index is -4.11. The molecule has 1 heterocycles. The lowest BCUT2D eigenvalue weighted by atomic mass is 10.2. The van der Waals surface area contributed by atoms with Crippen molar-refractivity contribution < 1.29 is 27.5 Å². The van der Waals surface area contributed by atoms with Crippen LogP contribution in [0.25, 0.3) is 11.0 Å². The average molecular weight is 498 g/mol. The molecule has 0 spiro atoms. The molecule has 0 saturated heterocycles. The topological polar surface area (TPSA) is 156 Å². The molecule has 0 aliphatic rings. The average Bonchev–Trinajstić information content (AvgIpc) is 3.24. The highest BCUT2D eigenvalue weighted by molar-refractivity contribution is 7.89. The van der Waals surface area contributed by atoms with Crippen LogP contribution in [0.2, 0.25) is 5.02 Å². The van der Waals surface area contributed by atoms with E-state index < -0.39 is 40.5 Å². The zero-order valence-corrected chi connectivity index (χ0v) is 18.8. The molecule has 1 unspecified atom stereocenters. The van der Waals surface area contributed by atoms with Gasteiger partial charge in [0.2, 0.25) is 10.0 Å². The van der Waals surface area contributed by atoms with Gasteiger partial charge in [0.15, 0.2) is 6.61 Å². The number of esters is 1. The van der Waals surface area contributed by atoms with Gasteiger partial charge in [0.25, 0.3) is 11.8 Å². The normalized spacial score (nSPS) is 12.2. The number of benzene rings is 2. The van der Waals surface area contributed by atoms with Crippen LogP contribution in [0, 0.1) is 0 Å². The Morgan fingerprint density at radius 1 is 1.09 bits per heavy atom. The molecule has 1 atom stereocenters.